The highest BCUT2D eigenvalue weighted by Crippen LogP contribution is 2.30. The summed E-state index contributed by atoms with van der Waals surface area (Å²) in [7, 11) is 0. The van der Waals surface area contributed by atoms with Gasteiger partial charge in [-0.15, -0.1) is 0 Å². The number of carbonyl (C=O) groups is 2. The standard InChI is InChI=1S/C12H15N3O2/c1-8(16)15-5-4-9-6-10(2-3-11(9)15)14-12(17)7-13/h2-3,6H,4-5,7,13H2,1H3,(H,14,17). The Morgan fingerprint density at radius 2 is 2.24 bits per heavy atom. The summed E-state index contributed by atoms with van der Waals surface area (Å²) in [6.07, 6.45) is 0.821. The van der Waals surface area contributed by atoms with Crippen LogP contribution >= 0.6 is 0 Å². The lowest BCUT2D eigenvalue weighted by atomic mass is 10.1. The van der Waals surface area contributed by atoms with E-state index in [0.717, 1.165) is 23.4 Å². The lowest BCUT2D eigenvalue weighted by Crippen LogP contribution is -2.25. The second-order valence-corrected chi connectivity index (χ2v) is 4.02. The van der Waals surface area contributed by atoms with E-state index < -0.39 is 0 Å². The SMILES string of the molecule is CC(=O)N1CCc2cc(NC(=O)CN)ccc21. The molecule has 0 spiro atoms. The maximum absolute atomic E-state index is 11.4. The van der Waals surface area contributed by atoms with E-state index in [2.05, 4.69) is 5.32 Å². The first-order valence-corrected chi connectivity index (χ1v) is 5.53. The third-order valence-corrected chi connectivity index (χ3v) is 2.82. The molecule has 0 unspecified atom stereocenters. The van der Waals surface area contributed by atoms with Crippen molar-refractivity contribution in [2.24, 2.45) is 5.73 Å². The first kappa shape index (κ1) is 11.6. The summed E-state index contributed by atoms with van der Waals surface area (Å²) in [5.74, 6) is -0.172. The van der Waals surface area contributed by atoms with Crippen molar-refractivity contribution < 1.29 is 9.59 Å². The zero-order valence-electron chi connectivity index (χ0n) is 9.69. The predicted molar refractivity (Wildman–Crippen MR) is 65.9 cm³/mol. The smallest absolute Gasteiger partial charge is 0.238 e. The van der Waals surface area contributed by atoms with Crippen LogP contribution in [0.4, 0.5) is 11.4 Å². The van der Waals surface area contributed by atoms with E-state index in [0.29, 0.717) is 6.54 Å². The lowest BCUT2D eigenvalue weighted by Gasteiger charge is -2.14. The van der Waals surface area contributed by atoms with Crippen molar-refractivity contribution in [1.82, 2.24) is 0 Å². The molecule has 1 aromatic rings. The van der Waals surface area contributed by atoms with Crippen LogP contribution in [0, 0.1) is 0 Å². The molecule has 0 bridgehead atoms. The van der Waals surface area contributed by atoms with Gasteiger partial charge in [-0.05, 0) is 30.2 Å². The van der Waals surface area contributed by atoms with Gasteiger partial charge in [0, 0.05) is 24.8 Å². The van der Waals surface area contributed by atoms with Gasteiger partial charge in [-0.3, -0.25) is 9.59 Å². The average molecular weight is 233 g/mol. The van der Waals surface area contributed by atoms with Crippen LogP contribution in [0.3, 0.4) is 0 Å². The molecule has 1 heterocycles. The number of anilines is 2. The fraction of sp³-hybridized carbons (Fsp3) is 0.333. The maximum Gasteiger partial charge on any atom is 0.238 e. The van der Waals surface area contributed by atoms with E-state index in [1.165, 1.54) is 0 Å². The van der Waals surface area contributed by atoms with Gasteiger partial charge in [0.1, 0.15) is 0 Å². The molecule has 2 rings (SSSR count). The topological polar surface area (TPSA) is 75.4 Å². The molecule has 5 heteroatoms. The molecule has 0 radical (unpaired) electrons. The van der Waals surface area contributed by atoms with Gasteiger partial charge >= 0.3 is 0 Å². The molecule has 0 fully saturated rings. The first-order chi connectivity index (χ1) is 8.11. The quantitative estimate of drug-likeness (QED) is 0.780. The molecular formula is C12H15N3O2. The summed E-state index contributed by atoms with van der Waals surface area (Å²) in [6, 6.07) is 5.54. The predicted octanol–water partition coefficient (Wildman–Crippen LogP) is 0.493. The Kier molecular flexibility index (Phi) is 3.10. The molecule has 17 heavy (non-hydrogen) atoms. The Morgan fingerprint density at radius 3 is 2.88 bits per heavy atom. The summed E-state index contributed by atoms with van der Waals surface area (Å²) < 4.78 is 0. The van der Waals surface area contributed by atoms with Crippen molar-refractivity contribution in [3.63, 3.8) is 0 Å². The number of fused-ring (bicyclic) bond motifs is 1. The van der Waals surface area contributed by atoms with Crippen molar-refractivity contribution in [2.75, 3.05) is 23.3 Å². The largest absolute Gasteiger partial charge is 0.325 e. The number of nitrogens with one attached hydrogen (secondary N) is 1. The summed E-state index contributed by atoms with van der Waals surface area (Å²) >= 11 is 0. The van der Waals surface area contributed by atoms with Crippen molar-refractivity contribution in [3.05, 3.63) is 23.8 Å². The third kappa shape index (κ3) is 2.29. The Balaban J connectivity index is 2.22. The maximum atomic E-state index is 11.4. The average Bonchev–Trinajstić information content (AvgIpc) is 2.71. The molecule has 1 aliphatic rings. The molecular weight excluding hydrogens is 218 g/mol. The molecule has 3 N–H and O–H groups in total. The minimum atomic E-state index is -0.216. The van der Waals surface area contributed by atoms with Crippen LogP contribution in [0.2, 0.25) is 0 Å². The van der Waals surface area contributed by atoms with Crippen molar-refractivity contribution in [2.45, 2.75) is 13.3 Å². The van der Waals surface area contributed by atoms with Crippen LogP contribution in [0.5, 0.6) is 0 Å². The Hall–Kier alpha value is -1.88. The Morgan fingerprint density at radius 1 is 1.47 bits per heavy atom. The second-order valence-electron chi connectivity index (χ2n) is 4.02. The zero-order chi connectivity index (χ0) is 12.4. The molecule has 2 amide bonds. The summed E-state index contributed by atoms with van der Waals surface area (Å²) in [5, 5.41) is 2.70. The summed E-state index contributed by atoms with van der Waals surface area (Å²) in [5.41, 5.74) is 7.97. The minimum absolute atomic E-state index is 0.0311. The van der Waals surface area contributed by atoms with E-state index in [-0.39, 0.29) is 18.4 Å². The van der Waals surface area contributed by atoms with Gasteiger partial charge in [-0.25, -0.2) is 0 Å². The number of amides is 2. The Bertz CT molecular complexity index is 471. The van der Waals surface area contributed by atoms with Crippen molar-refractivity contribution >= 4 is 23.2 Å². The highest BCUT2D eigenvalue weighted by molar-refractivity contribution is 5.96. The number of nitrogens with zero attached hydrogens (tertiary/aromatic N) is 1. The molecule has 0 saturated carbocycles. The van der Waals surface area contributed by atoms with Gasteiger partial charge in [-0.1, -0.05) is 0 Å². The second kappa shape index (κ2) is 4.55. The van der Waals surface area contributed by atoms with E-state index >= 15 is 0 Å². The van der Waals surface area contributed by atoms with Crippen LogP contribution in [0.1, 0.15) is 12.5 Å². The fourth-order valence-corrected chi connectivity index (χ4v) is 2.02. The molecule has 90 valence electrons. The zero-order valence-corrected chi connectivity index (χ0v) is 9.69. The van der Waals surface area contributed by atoms with Crippen LogP contribution in [0.15, 0.2) is 18.2 Å². The van der Waals surface area contributed by atoms with Gasteiger partial charge in [0.05, 0.1) is 6.54 Å². The van der Waals surface area contributed by atoms with Crippen molar-refractivity contribution in [3.8, 4) is 0 Å². The molecule has 1 aromatic carbocycles. The number of hydrogen-bond acceptors (Lipinski definition) is 3. The summed E-state index contributed by atoms with van der Waals surface area (Å²) in [6.45, 7) is 2.23. The third-order valence-electron chi connectivity index (χ3n) is 2.82. The van der Waals surface area contributed by atoms with Crippen LogP contribution in [-0.2, 0) is 16.0 Å². The highest BCUT2D eigenvalue weighted by Gasteiger charge is 2.22. The minimum Gasteiger partial charge on any atom is -0.325 e. The van der Waals surface area contributed by atoms with Crippen LogP contribution < -0.4 is 16.0 Å². The van der Waals surface area contributed by atoms with Gasteiger partial charge in [-0.2, -0.15) is 0 Å². The lowest BCUT2D eigenvalue weighted by molar-refractivity contribution is -0.116. The Labute approximate surface area is 99.6 Å². The normalized spacial score (nSPS) is 13.4. The van der Waals surface area contributed by atoms with Gasteiger partial charge in [0.25, 0.3) is 0 Å². The van der Waals surface area contributed by atoms with E-state index in [4.69, 9.17) is 5.73 Å². The van der Waals surface area contributed by atoms with E-state index in [1.54, 1.807) is 17.9 Å². The van der Waals surface area contributed by atoms with E-state index in [9.17, 15) is 9.59 Å². The number of hydrogen-bond donors (Lipinski definition) is 2. The number of carbonyl (C=O) groups excluding carboxylic acids is 2. The van der Waals surface area contributed by atoms with Gasteiger partial charge in [0.2, 0.25) is 11.8 Å². The first-order valence-electron chi connectivity index (χ1n) is 5.53. The number of rotatable bonds is 2. The molecule has 5 nitrogen and oxygen atoms in total. The number of nitrogens with two attached hydrogens (primary N) is 1. The molecule has 0 saturated heterocycles. The van der Waals surface area contributed by atoms with Crippen LogP contribution in [0.25, 0.3) is 0 Å². The summed E-state index contributed by atoms with van der Waals surface area (Å²) in [4.78, 5) is 24.3. The molecule has 0 aliphatic carbocycles. The molecule has 0 atom stereocenters. The number of benzene rings is 1. The van der Waals surface area contributed by atoms with Crippen molar-refractivity contribution in [1.29, 1.82) is 0 Å². The van der Waals surface area contributed by atoms with Crippen LogP contribution in [-0.4, -0.2) is 24.9 Å². The fourth-order valence-electron chi connectivity index (χ4n) is 2.02. The van der Waals surface area contributed by atoms with E-state index in [1.807, 2.05) is 12.1 Å². The monoisotopic (exact) mass is 233 g/mol. The highest BCUT2D eigenvalue weighted by atomic mass is 16.2. The van der Waals surface area contributed by atoms with Gasteiger partial charge < -0.3 is 16.0 Å². The molecule has 1 aliphatic heterocycles. The van der Waals surface area contributed by atoms with Gasteiger partial charge in [0.15, 0.2) is 0 Å². The molecule has 0 aromatic heterocycles.